The quantitative estimate of drug-likeness (QED) is 0.415. The third-order valence-electron chi connectivity index (χ3n) is 4.65. The number of rotatable bonds is 9. The number of amides is 1. The lowest BCUT2D eigenvalue weighted by molar-refractivity contribution is -0.113. The molecule has 0 radical (unpaired) electrons. The van der Waals surface area contributed by atoms with Gasteiger partial charge in [0.25, 0.3) is 0 Å². The van der Waals surface area contributed by atoms with Gasteiger partial charge in [0, 0.05) is 18.7 Å². The summed E-state index contributed by atoms with van der Waals surface area (Å²) in [7, 11) is 0. The number of hydrogen-bond acceptors (Lipinski definition) is 4. The molecule has 0 saturated carbocycles. The molecule has 0 aliphatic rings. The minimum atomic E-state index is -0.0447. The first-order valence-electron chi connectivity index (χ1n) is 9.70. The number of aryl methyl sites for hydroxylation is 2. The molecular weight excluding hydrogens is 380 g/mol. The van der Waals surface area contributed by atoms with Crippen molar-refractivity contribution in [2.45, 2.75) is 38.4 Å². The fourth-order valence-corrected chi connectivity index (χ4v) is 3.92. The van der Waals surface area contributed by atoms with Crippen LogP contribution < -0.4 is 5.32 Å². The maximum atomic E-state index is 12.6. The van der Waals surface area contributed by atoms with E-state index in [1.807, 2.05) is 54.0 Å². The molecule has 1 heterocycles. The Morgan fingerprint density at radius 2 is 1.97 bits per heavy atom. The van der Waals surface area contributed by atoms with Crippen LogP contribution in [0.15, 0.2) is 66.3 Å². The average molecular weight is 407 g/mol. The largest absolute Gasteiger partial charge is 0.325 e. The van der Waals surface area contributed by atoms with Crippen LogP contribution in [0.1, 0.15) is 29.4 Å². The molecule has 0 unspecified atom stereocenters. The van der Waals surface area contributed by atoms with Crippen molar-refractivity contribution in [1.29, 1.82) is 0 Å². The fourth-order valence-electron chi connectivity index (χ4n) is 3.16. The van der Waals surface area contributed by atoms with Gasteiger partial charge in [-0.2, -0.15) is 0 Å². The maximum absolute atomic E-state index is 12.6. The molecule has 3 rings (SSSR count). The molecule has 1 aromatic heterocycles. The first kappa shape index (κ1) is 20.9. The monoisotopic (exact) mass is 406 g/mol. The number of allylic oxidation sites excluding steroid dienone is 1. The van der Waals surface area contributed by atoms with Crippen molar-refractivity contribution in [3.63, 3.8) is 0 Å². The number of aromatic nitrogens is 3. The summed E-state index contributed by atoms with van der Waals surface area (Å²) in [4.78, 5) is 12.6. The van der Waals surface area contributed by atoms with Crippen molar-refractivity contribution in [2.75, 3.05) is 11.1 Å². The van der Waals surface area contributed by atoms with Gasteiger partial charge in [-0.25, -0.2) is 0 Å². The van der Waals surface area contributed by atoms with Crippen molar-refractivity contribution < 1.29 is 4.79 Å². The highest BCUT2D eigenvalue weighted by Gasteiger charge is 2.15. The van der Waals surface area contributed by atoms with Crippen LogP contribution >= 0.6 is 11.8 Å². The van der Waals surface area contributed by atoms with E-state index < -0.39 is 0 Å². The summed E-state index contributed by atoms with van der Waals surface area (Å²) in [5.74, 6) is 1.10. The van der Waals surface area contributed by atoms with E-state index in [-0.39, 0.29) is 11.7 Å². The molecule has 0 aliphatic carbocycles. The molecule has 0 aliphatic heterocycles. The molecule has 0 bridgehead atoms. The molecule has 0 spiro atoms. The van der Waals surface area contributed by atoms with Gasteiger partial charge in [-0.3, -0.25) is 4.79 Å². The Bertz CT molecular complexity index is 982. The van der Waals surface area contributed by atoms with Crippen molar-refractivity contribution >= 4 is 23.4 Å². The van der Waals surface area contributed by atoms with E-state index in [1.54, 1.807) is 0 Å². The molecule has 0 atom stereocenters. The van der Waals surface area contributed by atoms with Crippen LogP contribution in [0.4, 0.5) is 5.69 Å². The summed E-state index contributed by atoms with van der Waals surface area (Å²) in [5, 5.41) is 12.4. The summed E-state index contributed by atoms with van der Waals surface area (Å²) in [6.45, 7) is 8.55. The molecule has 3 aromatic rings. The summed E-state index contributed by atoms with van der Waals surface area (Å²) in [5.41, 5.74) is 4.30. The second kappa shape index (κ2) is 10.1. The number of nitrogens with zero attached hydrogens (tertiary/aromatic N) is 3. The smallest absolute Gasteiger partial charge is 0.234 e. The van der Waals surface area contributed by atoms with Gasteiger partial charge in [-0.1, -0.05) is 73.3 Å². The minimum Gasteiger partial charge on any atom is -0.325 e. The lowest BCUT2D eigenvalue weighted by atomic mass is 10.1. The normalized spacial score (nSPS) is 10.7. The highest BCUT2D eigenvalue weighted by molar-refractivity contribution is 7.99. The zero-order chi connectivity index (χ0) is 20.6. The highest BCUT2D eigenvalue weighted by atomic mass is 32.2. The molecule has 5 nitrogen and oxygen atoms in total. The maximum Gasteiger partial charge on any atom is 0.234 e. The number of carbonyl (C=O) groups is 1. The van der Waals surface area contributed by atoms with Crippen LogP contribution in [0, 0.1) is 6.92 Å². The van der Waals surface area contributed by atoms with Crippen LogP contribution in [0.3, 0.4) is 0 Å². The lowest BCUT2D eigenvalue weighted by Crippen LogP contribution is -2.17. The Hall–Kier alpha value is -2.86. The van der Waals surface area contributed by atoms with Gasteiger partial charge in [-0.15, -0.1) is 16.8 Å². The Morgan fingerprint density at radius 3 is 2.69 bits per heavy atom. The van der Waals surface area contributed by atoms with Gasteiger partial charge in [0.2, 0.25) is 5.91 Å². The van der Waals surface area contributed by atoms with Gasteiger partial charge in [0.15, 0.2) is 5.16 Å². The summed E-state index contributed by atoms with van der Waals surface area (Å²) < 4.78 is 2.02. The molecule has 150 valence electrons. The SMILES string of the molecule is C=CCn1c(Cc2ccccc2)nnc1SCC(=O)Nc1c(C)cccc1CC. The molecule has 0 saturated heterocycles. The van der Waals surface area contributed by atoms with Crippen LogP contribution in [-0.4, -0.2) is 26.4 Å². The second-order valence-corrected chi connectivity index (χ2v) is 7.70. The van der Waals surface area contributed by atoms with Crippen molar-refractivity contribution in [1.82, 2.24) is 14.8 Å². The summed E-state index contributed by atoms with van der Waals surface area (Å²) in [6.07, 6.45) is 3.39. The second-order valence-electron chi connectivity index (χ2n) is 6.76. The molecule has 6 heteroatoms. The van der Waals surface area contributed by atoms with Gasteiger partial charge >= 0.3 is 0 Å². The predicted molar refractivity (Wildman–Crippen MR) is 119 cm³/mol. The van der Waals surface area contributed by atoms with Crippen molar-refractivity contribution in [3.8, 4) is 0 Å². The van der Waals surface area contributed by atoms with Gasteiger partial charge in [-0.05, 0) is 30.0 Å². The molecule has 29 heavy (non-hydrogen) atoms. The lowest BCUT2D eigenvalue weighted by Gasteiger charge is -2.13. The Kier molecular flexibility index (Phi) is 7.25. The van der Waals surface area contributed by atoms with Gasteiger partial charge < -0.3 is 9.88 Å². The van der Waals surface area contributed by atoms with E-state index in [2.05, 4.69) is 41.1 Å². The van der Waals surface area contributed by atoms with E-state index in [9.17, 15) is 4.79 Å². The zero-order valence-corrected chi connectivity index (χ0v) is 17.7. The minimum absolute atomic E-state index is 0.0447. The molecule has 1 amide bonds. The number of para-hydroxylation sites is 1. The average Bonchev–Trinajstić information content (AvgIpc) is 3.10. The summed E-state index contributed by atoms with van der Waals surface area (Å²) in [6, 6.07) is 16.2. The van der Waals surface area contributed by atoms with Gasteiger partial charge in [0.05, 0.1) is 5.75 Å². The number of hydrogen-bond donors (Lipinski definition) is 1. The first-order valence-corrected chi connectivity index (χ1v) is 10.7. The van der Waals surface area contributed by atoms with E-state index in [1.165, 1.54) is 17.3 Å². The van der Waals surface area contributed by atoms with Crippen LogP contribution in [0.5, 0.6) is 0 Å². The van der Waals surface area contributed by atoms with E-state index in [0.717, 1.165) is 34.2 Å². The first-order chi connectivity index (χ1) is 14.1. The highest BCUT2D eigenvalue weighted by Crippen LogP contribution is 2.23. The Balaban J connectivity index is 1.69. The topological polar surface area (TPSA) is 59.8 Å². The molecule has 1 N–H and O–H groups in total. The number of thioether (sulfide) groups is 1. The van der Waals surface area contributed by atoms with Crippen LogP contribution in [0.2, 0.25) is 0 Å². The molecule has 2 aromatic carbocycles. The standard InChI is InChI=1S/C23H26N4OS/c1-4-14-27-20(15-18-11-7-6-8-12-18)25-26-23(27)29-16-21(28)24-22-17(3)10-9-13-19(22)5-2/h4,6-13H,1,5,14-16H2,2-3H3,(H,24,28). The number of nitrogens with one attached hydrogen (secondary N) is 1. The number of carbonyl (C=O) groups excluding carboxylic acids is 1. The third kappa shape index (κ3) is 5.35. The van der Waals surface area contributed by atoms with E-state index in [4.69, 9.17) is 0 Å². The Morgan fingerprint density at radius 1 is 1.17 bits per heavy atom. The fraction of sp³-hybridized carbons (Fsp3) is 0.261. The van der Waals surface area contributed by atoms with Gasteiger partial charge in [0.1, 0.15) is 5.82 Å². The van der Waals surface area contributed by atoms with Crippen LogP contribution in [0.25, 0.3) is 0 Å². The number of benzene rings is 2. The molecular formula is C23H26N4OS. The molecule has 0 fully saturated rings. The number of anilines is 1. The van der Waals surface area contributed by atoms with Crippen molar-refractivity contribution in [2.24, 2.45) is 0 Å². The Labute approximate surface area is 176 Å². The zero-order valence-electron chi connectivity index (χ0n) is 16.9. The van der Waals surface area contributed by atoms with E-state index in [0.29, 0.717) is 13.0 Å². The summed E-state index contributed by atoms with van der Waals surface area (Å²) >= 11 is 1.39. The predicted octanol–water partition coefficient (Wildman–Crippen LogP) is 4.66. The van der Waals surface area contributed by atoms with E-state index >= 15 is 0 Å². The van der Waals surface area contributed by atoms with Crippen molar-refractivity contribution in [3.05, 3.63) is 83.7 Å². The third-order valence-corrected chi connectivity index (χ3v) is 5.61. The van der Waals surface area contributed by atoms with Crippen LogP contribution in [-0.2, 0) is 24.2 Å².